The topological polar surface area (TPSA) is 90.7 Å². The third kappa shape index (κ3) is 42.8. The second-order valence-corrected chi connectivity index (χ2v) is 7.05. The molecule has 0 bridgehead atoms. The van der Waals surface area contributed by atoms with Crippen LogP contribution in [-0.2, 0) is 19.1 Å². The second kappa shape index (κ2) is 15.1. The van der Waals surface area contributed by atoms with E-state index in [-0.39, 0.29) is 23.0 Å². The highest BCUT2D eigenvalue weighted by atomic mass is 16.5. The van der Waals surface area contributed by atoms with Gasteiger partial charge in [-0.1, -0.05) is 6.58 Å². The van der Waals surface area contributed by atoms with Crippen molar-refractivity contribution in [3.63, 3.8) is 0 Å². The molecule has 0 aliphatic heterocycles. The minimum Gasteiger partial charge on any atom is -0.466 e. The molecule has 0 aromatic rings. The number of nitrogens with one attached hydrogen (secondary N) is 1. The maximum Gasteiger partial charge on any atom is 0.330 e. The van der Waals surface area contributed by atoms with Crippen LogP contribution in [0.15, 0.2) is 12.7 Å². The maximum atomic E-state index is 10.9. The average Bonchev–Trinajstić information content (AvgIpc) is 2.36. The molecular formula is C18H38N2O4. The average molecular weight is 347 g/mol. The van der Waals surface area contributed by atoms with Crippen LogP contribution >= 0.6 is 0 Å². The lowest BCUT2D eigenvalue weighted by Gasteiger charge is -2.19. The summed E-state index contributed by atoms with van der Waals surface area (Å²) in [7, 11) is 0. The first-order valence-electron chi connectivity index (χ1n) is 8.25. The van der Waals surface area contributed by atoms with Crippen LogP contribution in [0.3, 0.4) is 0 Å². The number of carbonyl (C=O) groups excluding carboxylic acids is 2. The molecule has 0 heterocycles. The predicted molar refractivity (Wildman–Crippen MR) is 99.8 cm³/mol. The van der Waals surface area contributed by atoms with Gasteiger partial charge in [-0.15, -0.1) is 0 Å². The van der Waals surface area contributed by atoms with E-state index in [1.54, 1.807) is 6.92 Å². The number of rotatable bonds is 6. The van der Waals surface area contributed by atoms with E-state index < -0.39 is 0 Å². The van der Waals surface area contributed by atoms with Crippen LogP contribution in [0.25, 0.3) is 0 Å². The Morgan fingerprint density at radius 2 is 1.46 bits per heavy atom. The first-order chi connectivity index (χ1) is 10.8. The van der Waals surface area contributed by atoms with Crippen LogP contribution < -0.4 is 11.1 Å². The van der Waals surface area contributed by atoms with Gasteiger partial charge in [0.05, 0.1) is 19.6 Å². The highest BCUT2D eigenvalue weighted by Crippen LogP contribution is 1.98. The molecular weight excluding hydrogens is 308 g/mol. The molecule has 6 nitrogen and oxygen atoms in total. The number of hydrogen-bond donors (Lipinski definition) is 2. The molecule has 0 atom stereocenters. The van der Waals surface area contributed by atoms with Crippen LogP contribution in [0.5, 0.6) is 0 Å². The van der Waals surface area contributed by atoms with E-state index in [2.05, 4.69) is 37.4 Å². The van der Waals surface area contributed by atoms with Crippen molar-refractivity contribution in [2.45, 2.75) is 72.9 Å². The van der Waals surface area contributed by atoms with Gasteiger partial charge < -0.3 is 20.5 Å². The SMILES string of the molecule is C=CC(=O)OCC.CC(C)(C)N.CCOC(=O)CCNC(C)(C)C. The summed E-state index contributed by atoms with van der Waals surface area (Å²) >= 11 is 0. The molecule has 6 heteroatoms. The van der Waals surface area contributed by atoms with E-state index >= 15 is 0 Å². The van der Waals surface area contributed by atoms with Crippen molar-refractivity contribution < 1.29 is 19.1 Å². The summed E-state index contributed by atoms with van der Waals surface area (Å²) in [6.07, 6.45) is 1.59. The van der Waals surface area contributed by atoms with Crippen molar-refractivity contribution in [1.29, 1.82) is 0 Å². The fraction of sp³-hybridized carbons (Fsp3) is 0.778. The Hall–Kier alpha value is -1.40. The largest absolute Gasteiger partial charge is 0.466 e. The summed E-state index contributed by atoms with van der Waals surface area (Å²) in [5.41, 5.74) is 5.43. The van der Waals surface area contributed by atoms with Crippen molar-refractivity contribution in [2.24, 2.45) is 5.73 Å². The first-order valence-corrected chi connectivity index (χ1v) is 8.25. The number of nitrogens with two attached hydrogens (primary N) is 1. The summed E-state index contributed by atoms with van der Waals surface area (Å²) < 4.78 is 9.21. The van der Waals surface area contributed by atoms with E-state index in [0.29, 0.717) is 26.2 Å². The Morgan fingerprint density at radius 3 is 1.71 bits per heavy atom. The zero-order valence-electron chi connectivity index (χ0n) is 16.8. The van der Waals surface area contributed by atoms with Crippen LogP contribution in [0.4, 0.5) is 0 Å². The van der Waals surface area contributed by atoms with Crippen molar-refractivity contribution >= 4 is 11.9 Å². The quantitative estimate of drug-likeness (QED) is 0.568. The van der Waals surface area contributed by atoms with E-state index in [4.69, 9.17) is 10.5 Å². The van der Waals surface area contributed by atoms with E-state index in [0.717, 1.165) is 6.08 Å². The molecule has 0 aromatic carbocycles. The smallest absolute Gasteiger partial charge is 0.330 e. The lowest BCUT2D eigenvalue weighted by molar-refractivity contribution is -0.143. The standard InChI is InChI=1S/C9H19NO2.C5H8O2.C4H11N/c1-5-12-8(11)6-7-10-9(2,3)4;1-3-5(6)7-4-2;1-4(2,3)5/h10H,5-7H2,1-4H3;3H,1,4H2,2H3;5H2,1-3H3. The van der Waals surface area contributed by atoms with Gasteiger partial charge in [-0.3, -0.25) is 4.79 Å². The monoisotopic (exact) mass is 346 g/mol. The van der Waals surface area contributed by atoms with Crippen molar-refractivity contribution in [1.82, 2.24) is 5.32 Å². The second-order valence-electron chi connectivity index (χ2n) is 7.05. The van der Waals surface area contributed by atoms with Crippen molar-refractivity contribution in [3.05, 3.63) is 12.7 Å². The van der Waals surface area contributed by atoms with Gasteiger partial charge in [0.25, 0.3) is 0 Å². The molecule has 0 saturated carbocycles. The Kier molecular flexibility index (Phi) is 17.3. The molecule has 0 fully saturated rings. The fourth-order valence-electron chi connectivity index (χ4n) is 0.974. The Labute approximate surface area is 148 Å². The highest BCUT2D eigenvalue weighted by Gasteiger charge is 2.09. The van der Waals surface area contributed by atoms with Crippen LogP contribution in [0, 0.1) is 0 Å². The van der Waals surface area contributed by atoms with Gasteiger partial charge in [0.2, 0.25) is 0 Å². The van der Waals surface area contributed by atoms with Gasteiger partial charge in [0.15, 0.2) is 0 Å². The minimum absolute atomic E-state index is 0. The van der Waals surface area contributed by atoms with Crippen LogP contribution in [0.1, 0.15) is 61.8 Å². The van der Waals surface area contributed by atoms with Gasteiger partial charge in [-0.25, -0.2) is 4.79 Å². The molecule has 0 spiro atoms. The lowest BCUT2D eigenvalue weighted by atomic mass is 10.1. The van der Waals surface area contributed by atoms with Gasteiger partial charge >= 0.3 is 11.9 Å². The third-order valence-electron chi connectivity index (χ3n) is 1.74. The normalized spacial score (nSPS) is 10.4. The Bertz CT molecular complexity index is 336. The highest BCUT2D eigenvalue weighted by molar-refractivity contribution is 5.81. The van der Waals surface area contributed by atoms with Crippen LogP contribution in [-0.4, -0.2) is 42.8 Å². The fourth-order valence-corrected chi connectivity index (χ4v) is 0.974. The van der Waals surface area contributed by atoms with E-state index in [1.165, 1.54) is 0 Å². The summed E-state index contributed by atoms with van der Waals surface area (Å²) in [4.78, 5) is 20.9. The molecule has 0 unspecified atom stereocenters. The molecule has 0 aliphatic rings. The zero-order valence-corrected chi connectivity index (χ0v) is 16.8. The number of hydrogen-bond acceptors (Lipinski definition) is 6. The molecule has 24 heavy (non-hydrogen) atoms. The number of esters is 2. The third-order valence-corrected chi connectivity index (χ3v) is 1.74. The van der Waals surface area contributed by atoms with E-state index in [9.17, 15) is 9.59 Å². The minimum atomic E-state index is -0.359. The lowest BCUT2D eigenvalue weighted by Crippen LogP contribution is -2.37. The molecule has 0 saturated heterocycles. The van der Waals surface area contributed by atoms with Gasteiger partial charge in [0, 0.05) is 23.7 Å². The first kappa shape index (κ1) is 27.4. The molecule has 0 rings (SSSR count). The molecule has 144 valence electrons. The van der Waals surface area contributed by atoms with E-state index in [1.807, 2.05) is 27.7 Å². The molecule has 3 N–H and O–H groups in total. The zero-order chi connectivity index (χ0) is 19.8. The Morgan fingerprint density at radius 1 is 1.04 bits per heavy atom. The Balaban J connectivity index is -0.000000311. The predicted octanol–water partition coefficient (Wildman–Crippen LogP) is 2.81. The van der Waals surface area contributed by atoms with Gasteiger partial charge in [-0.2, -0.15) is 0 Å². The van der Waals surface area contributed by atoms with Crippen molar-refractivity contribution in [2.75, 3.05) is 19.8 Å². The summed E-state index contributed by atoms with van der Waals surface area (Å²) in [6, 6.07) is 0. The van der Waals surface area contributed by atoms with Gasteiger partial charge in [-0.05, 0) is 55.4 Å². The molecule has 0 radical (unpaired) electrons. The van der Waals surface area contributed by atoms with Gasteiger partial charge in [0.1, 0.15) is 0 Å². The molecule has 0 amide bonds. The summed E-state index contributed by atoms with van der Waals surface area (Å²) in [6.45, 7) is 20.4. The maximum absolute atomic E-state index is 10.9. The number of ether oxygens (including phenoxy) is 2. The van der Waals surface area contributed by atoms with Crippen molar-refractivity contribution in [3.8, 4) is 0 Å². The summed E-state index contributed by atoms with van der Waals surface area (Å²) in [5.74, 6) is -0.489. The van der Waals surface area contributed by atoms with Crippen LogP contribution in [0.2, 0.25) is 0 Å². The molecule has 0 aliphatic carbocycles. The molecule has 0 aromatic heterocycles. The number of carbonyl (C=O) groups is 2. The summed E-state index contributed by atoms with van der Waals surface area (Å²) in [5, 5.41) is 3.21.